The molecule has 2 rings (SSSR count). The van der Waals surface area contributed by atoms with Crippen molar-refractivity contribution in [3.63, 3.8) is 0 Å². The molecule has 0 bridgehead atoms. The van der Waals surface area contributed by atoms with E-state index in [1.165, 1.54) is 23.7 Å². The lowest BCUT2D eigenvalue weighted by Gasteiger charge is -2.12. The van der Waals surface area contributed by atoms with Gasteiger partial charge >= 0.3 is 0 Å². The van der Waals surface area contributed by atoms with Crippen molar-refractivity contribution < 1.29 is 4.39 Å². The molecule has 0 saturated heterocycles. The van der Waals surface area contributed by atoms with Gasteiger partial charge in [-0.3, -0.25) is 0 Å². The molecule has 1 heterocycles. The van der Waals surface area contributed by atoms with E-state index in [0.717, 1.165) is 11.3 Å². The smallest absolute Gasteiger partial charge is 0.229 e. The summed E-state index contributed by atoms with van der Waals surface area (Å²) in [6.07, 6.45) is 0. The van der Waals surface area contributed by atoms with E-state index < -0.39 is 0 Å². The van der Waals surface area contributed by atoms with Crippen LogP contribution >= 0.6 is 11.5 Å². The Morgan fingerprint density at radius 3 is 2.81 bits per heavy atom. The first-order valence-electron chi connectivity index (χ1n) is 4.88. The Labute approximate surface area is 96.7 Å². The molecule has 16 heavy (non-hydrogen) atoms. The molecule has 6 heteroatoms. The highest BCUT2D eigenvalue weighted by Crippen LogP contribution is 2.27. The summed E-state index contributed by atoms with van der Waals surface area (Å²) < 4.78 is 16.8. The maximum Gasteiger partial charge on any atom is 0.229 e. The van der Waals surface area contributed by atoms with Gasteiger partial charge in [0.05, 0.1) is 0 Å². The zero-order valence-electron chi connectivity index (χ0n) is 8.94. The molecule has 0 spiro atoms. The van der Waals surface area contributed by atoms with E-state index in [0.29, 0.717) is 5.13 Å². The summed E-state index contributed by atoms with van der Waals surface area (Å²) in [4.78, 5) is 0. The molecule has 84 valence electrons. The van der Waals surface area contributed by atoms with Gasteiger partial charge in [-0.15, -0.1) is 0 Å². The molecule has 0 aliphatic rings. The third-order valence-corrected chi connectivity index (χ3v) is 2.69. The van der Waals surface area contributed by atoms with Crippen LogP contribution in [0.15, 0.2) is 18.2 Å². The first-order chi connectivity index (χ1) is 7.66. The Morgan fingerprint density at radius 1 is 1.38 bits per heavy atom. The van der Waals surface area contributed by atoms with Crippen LogP contribution in [0.4, 0.5) is 15.2 Å². The van der Waals surface area contributed by atoms with Crippen LogP contribution < -0.4 is 5.32 Å². The monoisotopic (exact) mass is 238 g/mol. The third kappa shape index (κ3) is 2.33. The molecule has 0 atom stereocenters. The summed E-state index contributed by atoms with van der Waals surface area (Å²) in [5.74, 6) is 0.00344. The van der Waals surface area contributed by atoms with Gasteiger partial charge < -0.3 is 5.32 Å². The molecule has 0 aliphatic carbocycles. The summed E-state index contributed by atoms with van der Waals surface area (Å²) in [6, 6.07) is 4.65. The Bertz CT molecular complexity index is 470. The molecule has 0 saturated carbocycles. The first-order valence-corrected chi connectivity index (χ1v) is 5.65. The van der Waals surface area contributed by atoms with Gasteiger partial charge in [0.25, 0.3) is 0 Å². The molecule has 0 aliphatic heterocycles. The number of hydrogen-bond acceptors (Lipinski definition) is 5. The number of halogens is 1. The van der Waals surface area contributed by atoms with Gasteiger partial charge in [-0.2, -0.15) is 0 Å². The topological polar surface area (TPSA) is 50.7 Å². The van der Waals surface area contributed by atoms with Crippen LogP contribution in [0.3, 0.4) is 0 Å². The molecule has 0 amide bonds. The molecule has 0 unspecified atom stereocenters. The van der Waals surface area contributed by atoms with Crippen molar-refractivity contribution in [2.75, 3.05) is 5.32 Å². The number of nitrogens with one attached hydrogen (secondary N) is 1. The number of rotatable bonds is 3. The second-order valence-corrected chi connectivity index (χ2v) is 4.41. The summed E-state index contributed by atoms with van der Waals surface area (Å²) in [5.41, 5.74) is 1.75. The second-order valence-electron chi connectivity index (χ2n) is 3.68. The number of aromatic nitrogens is 3. The fourth-order valence-corrected chi connectivity index (χ4v) is 1.80. The van der Waals surface area contributed by atoms with Crippen LogP contribution in [0.1, 0.15) is 25.3 Å². The van der Waals surface area contributed by atoms with E-state index in [-0.39, 0.29) is 11.7 Å². The number of benzene rings is 1. The molecule has 2 aromatic rings. The summed E-state index contributed by atoms with van der Waals surface area (Å²) in [5, 5.41) is 11.0. The van der Waals surface area contributed by atoms with E-state index in [1.807, 2.05) is 13.8 Å². The maximum atomic E-state index is 13.1. The van der Waals surface area contributed by atoms with Crippen LogP contribution in [0.2, 0.25) is 0 Å². The van der Waals surface area contributed by atoms with Crippen molar-refractivity contribution in [3.8, 4) is 0 Å². The standard InChI is InChI=1S/C10H11FN4S/c1-6(2)8-5-7(11)3-4-9(8)12-10-13-14-15-16-10/h3-6H,1-2H3,(H,12,13,15). The van der Waals surface area contributed by atoms with Crippen LogP contribution in [0.5, 0.6) is 0 Å². The fraction of sp³-hybridized carbons (Fsp3) is 0.300. The Morgan fingerprint density at radius 2 is 2.19 bits per heavy atom. The highest BCUT2D eigenvalue weighted by molar-refractivity contribution is 7.09. The molecular weight excluding hydrogens is 227 g/mol. The third-order valence-electron chi connectivity index (χ3n) is 2.18. The van der Waals surface area contributed by atoms with E-state index >= 15 is 0 Å². The molecule has 0 fully saturated rings. The molecule has 1 N–H and O–H groups in total. The van der Waals surface area contributed by atoms with Crippen LogP contribution in [-0.2, 0) is 0 Å². The molecule has 1 aromatic carbocycles. The highest BCUT2D eigenvalue weighted by Gasteiger charge is 2.09. The van der Waals surface area contributed by atoms with E-state index in [2.05, 4.69) is 20.1 Å². The van der Waals surface area contributed by atoms with Crippen molar-refractivity contribution in [2.45, 2.75) is 19.8 Å². The van der Waals surface area contributed by atoms with Crippen molar-refractivity contribution in [3.05, 3.63) is 29.6 Å². The lowest BCUT2D eigenvalue weighted by atomic mass is 10.0. The predicted molar refractivity (Wildman–Crippen MR) is 61.5 cm³/mol. The Hall–Kier alpha value is -1.56. The minimum Gasteiger partial charge on any atom is -0.329 e. The van der Waals surface area contributed by atoms with Crippen molar-refractivity contribution in [1.29, 1.82) is 0 Å². The SMILES string of the molecule is CC(C)c1cc(F)ccc1Nc1nnns1. The number of anilines is 2. The summed E-state index contributed by atoms with van der Waals surface area (Å²) in [6.45, 7) is 4.02. The number of hydrogen-bond donors (Lipinski definition) is 1. The maximum absolute atomic E-state index is 13.1. The average molecular weight is 238 g/mol. The first kappa shape index (κ1) is 10.9. The van der Waals surface area contributed by atoms with E-state index in [4.69, 9.17) is 0 Å². The van der Waals surface area contributed by atoms with Gasteiger partial charge in [0, 0.05) is 17.2 Å². The van der Waals surface area contributed by atoms with Crippen LogP contribution in [-0.4, -0.2) is 14.8 Å². The predicted octanol–water partition coefficient (Wildman–Crippen LogP) is 2.94. The number of nitrogens with zero attached hydrogens (tertiary/aromatic N) is 3. The average Bonchev–Trinajstić information content (AvgIpc) is 2.73. The molecule has 4 nitrogen and oxygen atoms in total. The summed E-state index contributed by atoms with van der Waals surface area (Å²) >= 11 is 1.17. The second kappa shape index (κ2) is 4.52. The van der Waals surface area contributed by atoms with Gasteiger partial charge in [-0.1, -0.05) is 23.4 Å². The van der Waals surface area contributed by atoms with E-state index in [1.54, 1.807) is 6.07 Å². The molecule has 0 radical (unpaired) electrons. The van der Waals surface area contributed by atoms with Crippen molar-refractivity contribution >= 4 is 22.4 Å². The fourth-order valence-electron chi connectivity index (χ4n) is 1.42. The Balaban J connectivity index is 2.33. The van der Waals surface area contributed by atoms with Gasteiger partial charge in [0.15, 0.2) is 0 Å². The van der Waals surface area contributed by atoms with Crippen LogP contribution in [0.25, 0.3) is 0 Å². The normalized spacial score (nSPS) is 10.8. The quantitative estimate of drug-likeness (QED) is 0.893. The zero-order valence-corrected chi connectivity index (χ0v) is 9.75. The Kier molecular flexibility index (Phi) is 3.09. The lowest BCUT2D eigenvalue weighted by molar-refractivity contribution is 0.623. The summed E-state index contributed by atoms with van der Waals surface area (Å²) in [7, 11) is 0. The highest BCUT2D eigenvalue weighted by atomic mass is 32.1. The minimum absolute atomic E-state index is 0.232. The van der Waals surface area contributed by atoms with E-state index in [9.17, 15) is 4.39 Å². The van der Waals surface area contributed by atoms with Gasteiger partial charge in [-0.25, -0.2) is 4.39 Å². The van der Waals surface area contributed by atoms with Gasteiger partial charge in [-0.05, 0) is 34.9 Å². The largest absolute Gasteiger partial charge is 0.329 e. The van der Waals surface area contributed by atoms with Gasteiger partial charge in [0.2, 0.25) is 5.13 Å². The van der Waals surface area contributed by atoms with Crippen molar-refractivity contribution in [1.82, 2.24) is 14.8 Å². The lowest BCUT2D eigenvalue weighted by Crippen LogP contribution is -1.98. The molecule has 1 aromatic heterocycles. The molecular formula is C10H11FN4S. The zero-order chi connectivity index (χ0) is 11.5. The van der Waals surface area contributed by atoms with Crippen molar-refractivity contribution in [2.24, 2.45) is 0 Å². The van der Waals surface area contributed by atoms with Crippen LogP contribution in [0, 0.1) is 5.82 Å². The van der Waals surface area contributed by atoms with Gasteiger partial charge in [0.1, 0.15) is 5.82 Å². The minimum atomic E-state index is -0.232.